The second-order valence-corrected chi connectivity index (χ2v) is 5.47. The van der Waals surface area contributed by atoms with Gasteiger partial charge in [-0.2, -0.15) is 0 Å². The highest BCUT2D eigenvalue weighted by molar-refractivity contribution is 5.65. The van der Waals surface area contributed by atoms with Gasteiger partial charge in [0, 0.05) is 6.04 Å². The molecule has 0 aliphatic heterocycles. The third-order valence-corrected chi connectivity index (χ3v) is 5.29. The van der Waals surface area contributed by atoms with Crippen molar-refractivity contribution in [2.45, 2.75) is 38.6 Å². The molecule has 0 heterocycles. The van der Waals surface area contributed by atoms with Gasteiger partial charge in [-0.3, -0.25) is 0 Å². The highest BCUT2D eigenvalue weighted by atomic mass is 16.4. The third kappa shape index (κ3) is 0.812. The summed E-state index contributed by atoms with van der Waals surface area (Å²) in [5.41, 5.74) is 0.505. The third-order valence-electron chi connectivity index (χ3n) is 5.29. The van der Waals surface area contributed by atoms with Crippen molar-refractivity contribution in [2.75, 3.05) is 0 Å². The number of carboxylic acid groups (broad SMARTS) is 1. The first-order valence-electron chi connectivity index (χ1n) is 5.62. The fraction of sp³-hybridized carbons (Fsp3) is 0.909. The van der Waals surface area contributed by atoms with Crippen molar-refractivity contribution < 1.29 is 9.90 Å². The van der Waals surface area contributed by atoms with Crippen LogP contribution in [0.4, 0.5) is 4.79 Å². The maximum Gasteiger partial charge on any atom is 0.404 e. The zero-order valence-electron chi connectivity index (χ0n) is 8.49. The van der Waals surface area contributed by atoms with E-state index in [1.165, 1.54) is 19.3 Å². The molecule has 3 fully saturated rings. The first-order chi connectivity index (χ1) is 6.62. The Bertz CT molecular complexity index is 291. The Morgan fingerprint density at radius 2 is 2.14 bits per heavy atom. The summed E-state index contributed by atoms with van der Waals surface area (Å²) >= 11 is 0. The van der Waals surface area contributed by atoms with E-state index < -0.39 is 6.09 Å². The van der Waals surface area contributed by atoms with Gasteiger partial charge < -0.3 is 10.4 Å². The van der Waals surface area contributed by atoms with Crippen LogP contribution in [0.5, 0.6) is 0 Å². The molecule has 0 aromatic heterocycles. The quantitative estimate of drug-likeness (QED) is 0.673. The monoisotopic (exact) mass is 195 g/mol. The van der Waals surface area contributed by atoms with E-state index in [2.05, 4.69) is 12.2 Å². The van der Waals surface area contributed by atoms with E-state index in [-0.39, 0.29) is 6.04 Å². The van der Waals surface area contributed by atoms with E-state index in [9.17, 15) is 4.79 Å². The van der Waals surface area contributed by atoms with Crippen LogP contribution in [0.3, 0.4) is 0 Å². The summed E-state index contributed by atoms with van der Waals surface area (Å²) in [7, 11) is 0. The van der Waals surface area contributed by atoms with Crippen LogP contribution in [0, 0.1) is 23.2 Å². The summed E-state index contributed by atoms with van der Waals surface area (Å²) in [5.74, 6) is 2.45. The predicted octanol–water partition coefficient (Wildman–Crippen LogP) is 2.08. The second-order valence-electron chi connectivity index (χ2n) is 5.47. The van der Waals surface area contributed by atoms with Gasteiger partial charge >= 0.3 is 6.09 Å². The number of rotatable bonds is 1. The number of hydrogen-bond acceptors (Lipinski definition) is 1. The fourth-order valence-electron chi connectivity index (χ4n) is 4.32. The fourth-order valence-corrected chi connectivity index (χ4v) is 4.32. The summed E-state index contributed by atoms with van der Waals surface area (Å²) in [6.07, 6.45) is 4.11. The maximum absolute atomic E-state index is 10.6. The predicted molar refractivity (Wildman–Crippen MR) is 52.0 cm³/mol. The molecule has 0 aromatic rings. The lowest BCUT2D eigenvalue weighted by atomic mass is 9.34. The standard InChI is InChI=1S/C11H17NO2/c1-11-6-2-3-9(12-10(13)14)8(11)5-7(11)4-6/h6-9,12H,2-5H2,1H3,(H,13,14). The van der Waals surface area contributed by atoms with Gasteiger partial charge in [0.25, 0.3) is 0 Å². The van der Waals surface area contributed by atoms with Gasteiger partial charge in [-0.25, -0.2) is 4.79 Å². The van der Waals surface area contributed by atoms with Gasteiger partial charge in [0.2, 0.25) is 0 Å². The average molecular weight is 195 g/mol. The minimum Gasteiger partial charge on any atom is -0.465 e. The molecule has 3 aliphatic carbocycles. The first kappa shape index (κ1) is 8.57. The molecule has 1 amide bonds. The van der Waals surface area contributed by atoms with Crippen molar-refractivity contribution >= 4 is 6.09 Å². The zero-order valence-corrected chi connectivity index (χ0v) is 8.49. The van der Waals surface area contributed by atoms with Crippen LogP contribution in [0.15, 0.2) is 0 Å². The average Bonchev–Trinajstić information content (AvgIpc) is 2.07. The van der Waals surface area contributed by atoms with Crippen molar-refractivity contribution in [3.63, 3.8) is 0 Å². The molecule has 5 atom stereocenters. The maximum atomic E-state index is 10.6. The smallest absolute Gasteiger partial charge is 0.404 e. The topological polar surface area (TPSA) is 49.3 Å². The lowest BCUT2D eigenvalue weighted by molar-refractivity contribution is -0.219. The Balaban J connectivity index is 1.75. The Kier molecular flexibility index (Phi) is 1.49. The van der Waals surface area contributed by atoms with E-state index in [0.29, 0.717) is 11.3 Å². The minimum absolute atomic E-state index is 0.241. The van der Waals surface area contributed by atoms with Gasteiger partial charge in [0.05, 0.1) is 0 Å². The molecular formula is C11H17NO2. The summed E-state index contributed by atoms with van der Waals surface area (Å²) in [6.45, 7) is 2.37. The first-order valence-corrected chi connectivity index (χ1v) is 5.62. The van der Waals surface area contributed by atoms with Crippen LogP contribution >= 0.6 is 0 Å². The van der Waals surface area contributed by atoms with E-state index in [1.807, 2.05) is 0 Å². The van der Waals surface area contributed by atoms with E-state index >= 15 is 0 Å². The Labute approximate surface area is 83.9 Å². The highest BCUT2D eigenvalue weighted by Gasteiger charge is 2.66. The molecule has 0 bridgehead atoms. The lowest BCUT2D eigenvalue weighted by Gasteiger charge is -2.71. The summed E-state index contributed by atoms with van der Waals surface area (Å²) < 4.78 is 0. The normalized spacial score (nSPS) is 53.8. The largest absolute Gasteiger partial charge is 0.465 e. The SMILES string of the molecule is CC12C3CCC(NC(=O)O)C1CC2C3. The zero-order chi connectivity index (χ0) is 9.92. The second kappa shape index (κ2) is 2.44. The van der Waals surface area contributed by atoms with Crippen LogP contribution in [0.1, 0.15) is 32.6 Å². The number of carbonyl (C=O) groups is 1. The van der Waals surface area contributed by atoms with Crippen molar-refractivity contribution in [3.8, 4) is 0 Å². The van der Waals surface area contributed by atoms with Crippen LogP contribution in [-0.4, -0.2) is 17.2 Å². The number of amides is 1. The Morgan fingerprint density at radius 3 is 2.79 bits per heavy atom. The van der Waals surface area contributed by atoms with E-state index in [1.54, 1.807) is 0 Å². The molecule has 0 radical (unpaired) electrons. The van der Waals surface area contributed by atoms with Crippen molar-refractivity contribution in [2.24, 2.45) is 23.2 Å². The molecule has 3 heteroatoms. The summed E-state index contributed by atoms with van der Waals surface area (Å²) in [5, 5.41) is 11.4. The molecule has 0 saturated heterocycles. The van der Waals surface area contributed by atoms with Gasteiger partial charge in [0.15, 0.2) is 0 Å². The summed E-state index contributed by atoms with van der Waals surface area (Å²) in [4.78, 5) is 10.6. The molecule has 0 aromatic carbocycles. The highest BCUT2D eigenvalue weighted by Crippen LogP contribution is 2.72. The molecular weight excluding hydrogens is 178 g/mol. The van der Waals surface area contributed by atoms with Crippen LogP contribution in [0.2, 0.25) is 0 Å². The van der Waals surface area contributed by atoms with E-state index in [0.717, 1.165) is 18.3 Å². The van der Waals surface area contributed by atoms with E-state index in [4.69, 9.17) is 5.11 Å². The van der Waals surface area contributed by atoms with Crippen LogP contribution in [-0.2, 0) is 0 Å². The molecule has 3 nitrogen and oxygen atoms in total. The van der Waals surface area contributed by atoms with Crippen molar-refractivity contribution in [1.29, 1.82) is 0 Å². The van der Waals surface area contributed by atoms with Crippen molar-refractivity contribution in [1.82, 2.24) is 5.32 Å². The molecule has 14 heavy (non-hydrogen) atoms. The molecule has 3 aliphatic rings. The van der Waals surface area contributed by atoms with Gasteiger partial charge in [-0.05, 0) is 48.9 Å². The molecule has 0 spiro atoms. The molecule has 3 saturated carbocycles. The number of hydrogen-bond donors (Lipinski definition) is 2. The van der Waals surface area contributed by atoms with Crippen LogP contribution < -0.4 is 5.32 Å². The summed E-state index contributed by atoms with van der Waals surface area (Å²) in [6, 6.07) is 0.241. The molecule has 3 rings (SSSR count). The minimum atomic E-state index is -0.847. The Morgan fingerprint density at radius 1 is 1.36 bits per heavy atom. The van der Waals surface area contributed by atoms with Crippen molar-refractivity contribution in [3.05, 3.63) is 0 Å². The van der Waals surface area contributed by atoms with Gasteiger partial charge in [0.1, 0.15) is 0 Å². The van der Waals surface area contributed by atoms with Crippen LogP contribution in [0.25, 0.3) is 0 Å². The van der Waals surface area contributed by atoms with Gasteiger partial charge in [-0.1, -0.05) is 6.92 Å². The van der Waals surface area contributed by atoms with Gasteiger partial charge in [-0.15, -0.1) is 0 Å². The lowest BCUT2D eigenvalue weighted by Crippen LogP contribution is -2.68. The number of nitrogens with one attached hydrogen (secondary N) is 1. The molecule has 2 N–H and O–H groups in total. The molecule has 5 unspecified atom stereocenters. The Hall–Kier alpha value is -0.730. The molecule has 78 valence electrons.